The van der Waals surface area contributed by atoms with Gasteiger partial charge in [-0.3, -0.25) is 0 Å². The van der Waals surface area contributed by atoms with Crippen LogP contribution < -0.4 is 0 Å². The third-order valence-corrected chi connectivity index (χ3v) is 2.44. The Morgan fingerprint density at radius 1 is 1.67 bits per heavy atom. The minimum Gasteiger partial charge on any atom is -0.390 e. The highest BCUT2D eigenvalue weighted by molar-refractivity contribution is 4.93. The molecule has 12 heavy (non-hydrogen) atoms. The number of aliphatic hydroxyl groups is 1. The zero-order valence-electron chi connectivity index (χ0n) is 7.14. The molecule has 0 atom stereocenters. The fraction of sp³-hybridized carbons (Fsp3) is 0.750. The predicted molar refractivity (Wildman–Crippen MR) is 43.4 cm³/mol. The quantitative estimate of drug-likeness (QED) is 0.706. The zero-order valence-corrected chi connectivity index (χ0v) is 7.14. The van der Waals surface area contributed by atoms with Gasteiger partial charge in [-0.15, -0.1) is 5.10 Å². The van der Waals surface area contributed by atoms with Crippen LogP contribution in [0.4, 0.5) is 0 Å². The highest BCUT2D eigenvalue weighted by atomic mass is 16.3. The van der Waals surface area contributed by atoms with Gasteiger partial charge in [0, 0.05) is 0 Å². The van der Waals surface area contributed by atoms with Gasteiger partial charge in [0.15, 0.2) is 0 Å². The topological polar surface area (TPSA) is 50.9 Å². The third-order valence-electron chi connectivity index (χ3n) is 2.44. The molecule has 1 aromatic rings. The van der Waals surface area contributed by atoms with E-state index in [1.165, 1.54) is 12.8 Å². The molecule has 2 rings (SSSR count). The van der Waals surface area contributed by atoms with Crippen molar-refractivity contribution in [2.75, 3.05) is 0 Å². The molecule has 0 amide bonds. The Hall–Kier alpha value is -0.900. The normalized spacial score (nSPS) is 28.5. The molecule has 1 aliphatic carbocycles. The second-order valence-corrected chi connectivity index (χ2v) is 3.58. The number of hydrogen-bond donors (Lipinski definition) is 1. The minimum atomic E-state index is -0.0116. The lowest BCUT2D eigenvalue weighted by molar-refractivity contribution is 0.197. The van der Waals surface area contributed by atoms with E-state index < -0.39 is 0 Å². The second-order valence-electron chi connectivity index (χ2n) is 3.58. The van der Waals surface area contributed by atoms with E-state index in [2.05, 4.69) is 17.2 Å². The number of rotatable bonds is 2. The van der Waals surface area contributed by atoms with Gasteiger partial charge in [-0.05, 0) is 18.8 Å². The average molecular weight is 167 g/mol. The molecule has 1 saturated carbocycles. The Balaban J connectivity index is 2.04. The van der Waals surface area contributed by atoms with Gasteiger partial charge < -0.3 is 5.11 Å². The summed E-state index contributed by atoms with van der Waals surface area (Å²) in [7, 11) is 0. The van der Waals surface area contributed by atoms with Crippen LogP contribution in [0.3, 0.4) is 0 Å². The first-order chi connectivity index (χ1) is 5.79. The number of aromatic nitrogens is 3. The Morgan fingerprint density at radius 3 is 2.92 bits per heavy atom. The molecular formula is C8H13N3O. The standard InChI is InChI=1S/C8H13N3O/c1-6-2-8(3-6)11-4-7(5-12)9-10-11/h4,6,8,12H,2-3,5H2,1H3. The molecule has 4 nitrogen and oxygen atoms in total. The molecule has 1 heterocycles. The van der Waals surface area contributed by atoms with E-state index in [-0.39, 0.29) is 6.61 Å². The zero-order chi connectivity index (χ0) is 8.55. The Kier molecular flexibility index (Phi) is 1.84. The largest absolute Gasteiger partial charge is 0.390 e. The van der Waals surface area contributed by atoms with Crippen LogP contribution in [0, 0.1) is 5.92 Å². The van der Waals surface area contributed by atoms with E-state index in [1.807, 2.05) is 10.9 Å². The van der Waals surface area contributed by atoms with Crippen molar-refractivity contribution in [3.63, 3.8) is 0 Å². The Bertz CT molecular complexity index is 265. The van der Waals surface area contributed by atoms with Crippen LogP contribution >= 0.6 is 0 Å². The van der Waals surface area contributed by atoms with E-state index in [1.54, 1.807) is 0 Å². The molecular weight excluding hydrogens is 154 g/mol. The van der Waals surface area contributed by atoms with Gasteiger partial charge in [-0.25, -0.2) is 4.68 Å². The summed E-state index contributed by atoms with van der Waals surface area (Å²) >= 11 is 0. The van der Waals surface area contributed by atoms with Gasteiger partial charge in [0.2, 0.25) is 0 Å². The summed E-state index contributed by atoms with van der Waals surface area (Å²) in [6, 6.07) is 0.521. The Labute approximate surface area is 71.2 Å². The minimum absolute atomic E-state index is 0.0116. The van der Waals surface area contributed by atoms with Crippen LogP contribution in [0.5, 0.6) is 0 Å². The van der Waals surface area contributed by atoms with Gasteiger partial charge in [-0.1, -0.05) is 12.1 Å². The molecule has 0 radical (unpaired) electrons. The van der Waals surface area contributed by atoms with E-state index in [9.17, 15) is 0 Å². The second kappa shape index (κ2) is 2.86. The number of aliphatic hydroxyl groups excluding tert-OH is 1. The van der Waals surface area contributed by atoms with Gasteiger partial charge in [0.25, 0.3) is 0 Å². The van der Waals surface area contributed by atoms with Crippen molar-refractivity contribution >= 4 is 0 Å². The lowest BCUT2D eigenvalue weighted by atomic mass is 9.82. The molecule has 1 aliphatic rings. The van der Waals surface area contributed by atoms with Gasteiger partial charge >= 0.3 is 0 Å². The third kappa shape index (κ3) is 1.22. The first-order valence-electron chi connectivity index (χ1n) is 4.31. The van der Waals surface area contributed by atoms with Crippen molar-refractivity contribution in [2.24, 2.45) is 5.92 Å². The highest BCUT2D eigenvalue weighted by Crippen LogP contribution is 2.36. The van der Waals surface area contributed by atoms with E-state index in [4.69, 9.17) is 5.11 Å². The van der Waals surface area contributed by atoms with Crippen molar-refractivity contribution in [2.45, 2.75) is 32.4 Å². The molecule has 0 saturated heterocycles. The summed E-state index contributed by atoms with van der Waals surface area (Å²) in [5.41, 5.74) is 0.662. The van der Waals surface area contributed by atoms with Gasteiger partial charge in [0.1, 0.15) is 5.69 Å². The molecule has 0 aromatic carbocycles. The van der Waals surface area contributed by atoms with Crippen LogP contribution in [-0.2, 0) is 6.61 Å². The highest BCUT2D eigenvalue weighted by Gasteiger charge is 2.27. The number of nitrogens with zero attached hydrogens (tertiary/aromatic N) is 3. The summed E-state index contributed by atoms with van der Waals surface area (Å²) in [5.74, 6) is 0.816. The molecule has 0 spiro atoms. The van der Waals surface area contributed by atoms with Crippen molar-refractivity contribution in [3.8, 4) is 0 Å². The Morgan fingerprint density at radius 2 is 2.42 bits per heavy atom. The predicted octanol–water partition coefficient (Wildman–Crippen LogP) is 0.741. The smallest absolute Gasteiger partial charge is 0.108 e. The first kappa shape index (κ1) is 7.73. The fourth-order valence-corrected chi connectivity index (χ4v) is 1.64. The maximum Gasteiger partial charge on any atom is 0.108 e. The molecule has 0 unspecified atom stereocenters. The van der Waals surface area contributed by atoms with Crippen molar-refractivity contribution in [1.82, 2.24) is 15.0 Å². The van der Waals surface area contributed by atoms with E-state index in [0.717, 1.165) is 5.92 Å². The first-order valence-corrected chi connectivity index (χ1v) is 4.31. The van der Waals surface area contributed by atoms with Crippen LogP contribution in [-0.4, -0.2) is 20.1 Å². The fourth-order valence-electron chi connectivity index (χ4n) is 1.64. The summed E-state index contributed by atoms with van der Waals surface area (Å²) in [4.78, 5) is 0. The molecule has 1 fully saturated rings. The van der Waals surface area contributed by atoms with Crippen LogP contribution in [0.1, 0.15) is 31.5 Å². The molecule has 1 aromatic heterocycles. The summed E-state index contributed by atoms with van der Waals surface area (Å²) in [5, 5.41) is 16.5. The molecule has 1 N–H and O–H groups in total. The van der Waals surface area contributed by atoms with Crippen LogP contribution in [0.25, 0.3) is 0 Å². The lowest BCUT2D eigenvalue weighted by Crippen LogP contribution is -2.25. The number of hydrogen-bond acceptors (Lipinski definition) is 3. The van der Waals surface area contributed by atoms with Crippen molar-refractivity contribution in [1.29, 1.82) is 0 Å². The monoisotopic (exact) mass is 167 g/mol. The van der Waals surface area contributed by atoms with E-state index in [0.29, 0.717) is 11.7 Å². The SMILES string of the molecule is CC1CC(n2cc(CO)nn2)C1. The molecule has 66 valence electrons. The average Bonchev–Trinajstić information content (AvgIpc) is 2.46. The van der Waals surface area contributed by atoms with Crippen LogP contribution in [0.2, 0.25) is 0 Å². The molecule has 4 heteroatoms. The summed E-state index contributed by atoms with van der Waals surface area (Å²) in [6.45, 7) is 2.22. The van der Waals surface area contributed by atoms with Crippen LogP contribution in [0.15, 0.2) is 6.20 Å². The maximum atomic E-state index is 8.76. The maximum absolute atomic E-state index is 8.76. The molecule has 0 aliphatic heterocycles. The summed E-state index contributed by atoms with van der Waals surface area (Å²) in [6.07, 6.45) is 4.21. The van der Waals surface area contributed by atoms with Crippen molar-refractivity contribution < 1.29 is 5.11 Å². The summed E-state index contributed by atoms with van der Waals surface area (Å²) < 4.78 is 1.87. The van der Waals surface area contributed by atoms with Gasteiger partial charge in [-0.2, -0.15) is 0 Å². The van der Waals surface area contributed by atoms with Crippen molar-refractivity contribution in [3.05, 3.63) is 11.9 Å². The van der Waals surface area contributed by atoms with Gasteiger partial charge in [0.05, 0.1) is 18.8 Å². The molecule has 0 bridgehead atoms. The van der Waals surface area contributed by atoms with E-state index >= 15 is 0 Å². The lowest BCUT2D eigenvalue weighted by Gasteiger charge is -2.32.